The van der Waals surface area contributed by atoms with Gasteiger partial charge in [0.2, 0.25) is 5.96 Å². The van der Waals surface area contributed by atoms with Crippen molar-refractivity contribution in [1.29, 1.82) is 0 Å². The third-order valence-electron chi connectivity index (χ3n) is 4.16. The van der Waals surface area contributed by atoms with E-state index in [2.05, 4.69) is 20.6 Å². The number of rotatable bonds is 7. The molecule has 30 heavy (non-hydrogen) atoms. The quantitative estimate of drug-likeness (QED) is 0.461. The lowest BCUT2D eigenvalue weighted by molar-refractivity contribution is 0.0976. The average Bonchev–Trinajstić information content (AvgIpc) is 2.79. The fraction of sp³-hybridized carbons (Fsp3) is 0.174. The highest BCUT2D eigenvalue weighted by molar-refractivity contribution is 6.10. The molecule has 3 rings (SSSR count). The molecule has 7 heteroatoms. The molecule has 2 aromatic carbocycles. The molecule has 0 spiro atoms. The molecule has 0 unspecified atom stereocenters. The normalized spacial score (nSPS) is 10.9. The maximum absolute atomic E-state index is 12.7. The predicted molar refractivity (Wildman–Crippen MR) is 117 cm³/mol. The zero-order valence-corrected chi connectivity index (χ0v) is 17.0. The minimum atomic E-state index is -0.291. The number of hydrogen-bond donors (Lipinski definition) is 2. The lowest BCUT2D eigenvalue weighted by Gasteiger charge is -2.13. The monoisotopic (exact) mass is 404 g/mol. The van der Waals surface area contributed by atoms with E-state index in [4.69, 9.17) is 9.47 Å². The molecule has 1 heterocycles. The lowest BCUT2D eigenvalue weighted by Crippen LogP contribution is -2.36. The Labute approximate surface area is 175 Å². The summed E-state index contributed by atoms with van der Waals surface area (Å²) < 4.78 is 10.7. The Morgan fingerprint density at radius 3 is 2.50 bits per heavy atom. The van der Waals surface area contributed by atoms with Gasteiger partial charge in [0, 0.05) is 23.6 Å². The van der Waals surface area contributed by atoms with Crippen LogP contribution in [0.3, 0.4) is 0 Å². The van der Waals surface area contributed by atoms with Crippen molar-refractivity contribution in [3.05, 3.63) is 84.2 Å². The van der Waals surface area contributed by atoms with Crippen molar-refractivity contribution in [2.45, 2.75) is 13.5 Å². The van der Waals surface area contributed by atoms with E-state index in [9.17, 15) is 4.79 Å². The van der Waals surface area contributed by atoms with Gasteiger partial charge in [0.15, 0.2) is 0 Å². The second-order valence-corrected chi connectivity index (χ2v) is 6.29. The number of carbonyl (C=O) groups is 1. The molecular weight excluding hydrogens is 380 g/mol. The molecule has 0 saturated heterocycles. The predicted octanol–water partition coefficient (Wildman–Crippen LogP) is 3.89. The first-order chi connectivity index (χ1) is 14.7. The van der Waals surface area contributed by atoms with Crippen LogP contribution in [0.2, 0.25) is 0 Å². The molecule has 0 fully saturated rings. The average molecular weight is 404 g/mol. The van der Waals surface area contributed by atoms with E-state index < -0.39 is 0 Å². The Hall–Kier alpha value is -3.87. The van der Waals surface area contributed by atoms with E-state index >= 15 is 0 Å². The number of aliphatic imine (C=N–C) groups is 1. The number of anilines is 1. The van der Waals surface area contributed by atoms with Crippen molar-refractivity contribution in [3.63, 3.8) is 0 Å². The molecule has 0 aliphatic rings. The second-order valence-electron chi connectivity index (χ2n) is 6.29. The van der Waals surface area contributed by atoms with Gasteiger partial charge < -0.3 is 14.8 Å². The first-order valence-corrected chi connectivity index (χ1v) is 9.56. The van der Waals surface area contributed by atoms with Crippen LogP contribution in [0.25, 0.3) is 0 Å². The molecular formula is C23H24N4O3. The van der Waals surface area contributed by atoms with Crippen LogP contribution in [0, 0.1) is 0 Å². The van der Waals surface area contributed by atoms with Gasteiger partial charge in [-0.1, -0.05) is 6.07 Å². The Morgan fingerprint density at radius 2 is 1.80 bits per heavy atom. The van der Waals surface area contributed by atoms with Gasteiger partial charge in [0.05, 0.1) is 20.3 Å². The zero-order chi connectivity index (χ0) is 21.2. The van der Waals surface area contributed by atoms with Crippen molar-refractivity contribution in [3.8, 4) is 11.5 Å². The number of ether oxygens (including phenoxy) is 2. The molecule has 2 N–H and O–H groups in total. The number of methoxy groups -OCH3 is 1. The van der Waals surface area contributed by atoms with Gasteiger partial charge in [0.25, 0.3) is 5.91 Å². The largest absolute Gasteiger partial charge is 0.497 e. The molecule has 1 amide bonds. The van der Waals surface area contributed by atoms with Gasteiger partial charge in [-0.05, 0) is 67.1 Å². The Bertz CT molecular complexity index is 989. The lowest BCUT2D eigenvalue weighted by atomic mass is 10.2. The van der Waals surface area contributed by atoms with Gasteiger partial charge in [-0.25, -0.2) is 4.99 Å². The molecule has 1 aromatic heterocycles. The maximum Gasteiger partial charge on any atom is 0.258 e. The summed E-state index contributed by atoms with van der Waals surface area (Å²) in [5.74, 6) is 1.43. The van der Waals surface area contributed by atoms with Crippen LogP contribution >= 0.6 is 0 Å². The summed E-state index contributed by atoms with van der Waals surface area (Å²) in [6.07, 6.45) is 3.42. The van der Waals surface area contributed by atoms with E-state index in [0.29, 0.717) is 30.4 Å². The number of nitrogens with zero attached hydrogens (tertiary/aromatic N) is 2. The SMILES string of the molecule is CCOc1ccc(NC(=NCc2ccncc2)NC(=O)c2cccc(OC)c2)cc1. The van der Waals surface area contributed by atoms with Crippen molar-refractivity contribution >= 4 is 17.6 Å². The van der Waals surface area contributed by atoms with E-state index in [-0.39, 0.29) is 5.91 Å². The Balaban J connectivity index is 1.78. The van der Waals surface area contributed by atoms with Crippen LogP contribution in [0.5, 0.6) is 11.5 Å². The van der Waals surface area contributed by atoms with Gasteiger partial charge in [-0.2, -0.15) is 0 Å². The van der Waals surface area contributed by atoms with Crippen molar-refractivity contribution in [2.75, 3.05) is 19.0 Å². The van der Waals surface area contributed by atoms with Crippen molar-refractivity contribution in [2.24, 2.45) is 4.99 Å². The van der Waals surface area contributed by atoms with Crippen LogP contribution in [0.4, 0.5) is 5.69 Å². The molecule has 0 saturated carbocycles. The van der Waals surface area contributed by atoms with E-state index in [1.54, 1.807) is 43.8 Å². The summed E-state index contributed by atoms with van der Waals surface area (Å²) in [5, 5.41) is 6.00. The second kappa shape index (κ2) is 10.6. The highest BCUT2D eigenvalue weighted by Crippen LogP contribution is 2.16. The molecule has 0 radical (unpaired) electrons. The van der Waals surface area contributed by atoms with Crippen molar-refractivity contribution in [1.82, 2.24) is 10.3 Å². The van der Waals surface area contributed by atoms with Gasteiger partial charge in [-0.15, -0.1) is 0 Å². The summed E-state index contributed by atoms with van der Waals surface area (Å²) in [4.78, 5) is 21.3. The van der Waals surface area contributed by atoms with E-state index in [0.717, 1.165) is 17.0 Å². The number of pyridine rings is 1. The number of amides is 1. The van der Waals surface area contributed by atoms with E-state index in [1.165, 1.54) is 0 Å². The highest BCUT2D eigenvalue weighted by Gasteiger charge is 2.10. The highest BCUT2D eigenvalue weighted by atomic mass is 16.5. The maximum atomic E-state index is 12.7. The van der Waals surface area contributed by atoms with Crippen molar-refractivity contribution < 1.29 is 14.3 Å². The fourth-order valence-corrected chi connectivity index (χ4v) is 2.65. The number of benzene rings is 2. The van der Waals surface area contributed by atoms with E-state index in [1.807, 2.05) is 43.3 Å². The third kappa shape index (κ3) is 6.07. The topological polar surface area (TPSA) is 84.8 Å². The summed E-state index contributed by atoms with van der Waals surface area (Å²) in [5.41, 5.74) is 2.23. The summed E-state index contributed by atoms with van der Waals surface area (Å²) >= 11 is 0. The van der Waals surface area contributed by atoms with Gasteiger partial charge >= 0.3 is 0 Å². The molecule has 0 aliphatic heterocycles. The molecule has 3 aromatic rings. The van der Waals surface area contributed by atoms with Crippen LogP contribution in [-0.4, -0.2) is 30.6 Å². The standard InChI is InChI=1S/C23H24N4O3/c1-3-30-20-9-7-19(8-10-20)26-23(25-16-17-11-13-24-14-12-17)27-22(28)18-5-4-6-21(15-18)29-2/h4-15H,3,16H2,1-2H3,(H2,25,26,27,28). The number of guanidine groups is 1. The molecule has 0 aliphatic carbocycles. The third-order valence-corrected chi connectivity index (χ3v) is 4.16. The summed E-state index contributed by atoms with van der Waals surface area (Å²) in [6, 6.07) is 18.1. The molecule has 0 atom stereocenters. The smallest absolute Gasteiger partial charge is 0.258 e. The minimum absolute atomic E-state index is 0.291. The fourth-order valence-electron chi connectivity index (χ4n) is 2.65. The molecule has 0 bridgehead atoms. The first-order valence-electron chi connectivity index (χ1n) is 9.56. The molecule has 154 valence electrons. The first kappa shape index (κ1) is 20.9. The van der Waals surface area contributed by atoms with Crippen LogP contribution in [0.15, 0.2) is 78.0 Å². The number of hydrogen-bond acceptors (Lipinski definition) is 5. The number of carbonyl (C=O) groups excluding carboxylic acids is 1. The summed E-state index contributed by atoms with van der Waals surface area (Å²) in [7, 11) is 1.56. The van der Waals surface area contributed by atoms with Gasteiger partial charge in [-0.3, -0.25) is 15.1 Å². The molecule has 7 nitrogen and oxygen atoms in total. The van der Waals surface area contributed by atoms with Crippen LogP contribution < -0.4 is 20.1 Å². The number of nitrogens with one attached hydrogen (secondary N) is 2. The van der Waals surface area contributed by atoms with Gasteiger partial charge in [0.1, 0.15) is 11.5 Å². The van der Waals surface area contributed by atoms with Crippen LogP contribution in [-0.2, 0) is 6.54 Å². The number of aromatic nitrogens is 1. The Morgan fingerprint density at radius 1 is 1.03 bits per heavy atom. The Kier molecular flexibility index (Phi) is 7.38. The minimum Gasteiger partial charge on any atom is -0.497 e. The van der Waals surface area contributed by atoms with Crippen LogP contribution in [0.1, 0.15) is 22.8 Å². The zero-order valence-electron chi connectivity index (χ0n) is 17.0. The summed E-state index contributed by atoms with van der Waals surface area (Å²) in [6.45, 7) is 2.92.